The molecule has 0 aromatic rings. The average Bonchev–Trinajstić information content (AvgIpc) is 2.71. The molecule has 0 aromatic heterocycles. The fourth-order valence-corrected chi connectivity index (χ4v) is 2.48. The average molecular weight is 247 g/mol. The van der Waals surface area contributed by atoms with Gasteiger partial charge in [-0.3, -0.25) is 4.79 Å². The van der Waals surface area contributed by atoms with Crippen LogP contribution in [0.3, 0.4) is 0 Å². The van der Waals surface area contributed by atoms with Gasteiger partial charge in [0.1, 0.15) is 0 Å². The molecule has 3 unspecified atom stereocenters. The molecule has 1 aliphatic heterocycles. The molecule has 0 saturated carbocycles. The van der Waals surface area contributed by atoms with Gasteiger partial charge in [-0.2, -0.15) is 11.8 Å². The lowest BCUT2D eigenvalue weighted by Gasteiger charge is -2.22. The van der Waals surface area contributed by atoms with Crippen LogP contribution >= 0.6 is 11.8 Å². The standard InChI is InChI=1S/C11H21NO3S/c1-8(10(7-13)16-2)12-11(14)6-9-4-3-5-15-9/h8-10,13H,3-7H2,1-2H3,(H,12,14). The highest BCUT2D eigenvalue weighted by atomic mass is 32.2. The topological polar surface area (TPSA) is 58.6 Å². The number of aliphatic hydroxyl groups is 1. The first-order valence-corrected chi connectivity index (χ1v) is 7.00. The van der Waals surface area contributed by atoms with Crippen molar-refractivity contribution < 1.29 is 14.6 Å². The van der Waals surface area contributed by atoms with E-state index in [1.165, 1.54) is 0 Å². The Labute approximate surface area is 101 Å². The number of nitrogens with one attached hydrogen (secondary N) is 1. The molecular formula is C11H21NO3S. The van der Waals surface area contributed by atoms with Gasteiger partial charge in [-0.05, 0) is 26.0 Å². The van der Waals surface area contributed by atoms with Crippen molar-refractivity contribution in [2.24, 2.45) is 0 Å². The molecule has 3 atom stereocenters. The maximum absolute atomic E-state index is 11.7. The molecule has 2 N–H and O–H groups in total. The third-order valence-corrected chi connectivity index (χ3v) is 4.03. The van der Waals surface area contributed by atoms with E-state index in [2.05, 4.69) is 5.32 Å². The van der Waals surface area contributed by atoms with E-state index in [4.69, 9.17) is 9.84 Å². The minimum Gasteiger partial charge on any atom is -0.395 e. The molecule has 16 heavy (non-hydrogen) atoms. The Kier molecular flexibility index (Phi) is 6.16. The molecule has 0 spiro atoms. The molecule has 0 radical (unpaired) electrons. The largest absolute Gasteiger partial charge is 0.395 e. The SMILES string of the molecule is CSC(CO)C(C)NC(=O)CC1CCCO1. The Morgan fingerprint density at radius 3 is 2.94 bits per heavy atom. The van der Waals surface area contributed by atoms with Crippen molar-refractivity contribution in [3.63, 3.8) is 0 Å². The van der Waals surface area contributed by atoms with Crippen LogP contribution in [0.25, 0.3) is 0 Å². The Morgan fingerprint density at radius 1 is 1.69 bits per heavy atom. The smallest absolute Gasteiger partial charge is 0.222 e. The molecule has 5 heteroatoms. The van der Waals surface area contributed by atoms with Gasteiger partial charge in [-0.25, -0.2) is 0 Å². The molecule has 1 fully saturated rings. The number of rotatable bonds is 6. The van der Waals surface area contributed by atoms with Crippen LogP contribution in [0.15, 0.2) is 0 Å². The summed E-state index contributed by atoms with van der Waals surface area (Å²) in [6, 6.07) is -0.00565. The summed E-state index contributed by atoms with van der Waals surface area (Å²) in [5.74, 6) is 0.0203. The van der Waals surface area contributed by atoms with Gasteiger partial charge < -0.3 is 15.2 Å². The number of hydrogen-bond donors (Lipinski definition) is 2. The first-order valence-electron chi connectivity index (χ1n) is 5.72. The molecule has 0 bridgehead atoms. The molecule has 1 heterocycles. The highest BCUT2D eigenvalue weighted by Crippen LogP contribution is 2.16. The number of carbonyl (C=O) groups is 1. The van der Waals surface area contributed by atoms with Gasteiger partial charge in [0, 0.05) is 17.9 Å². The number of carbonyl (C=O) groups excluding carboxylic acids is 1. The van der Waals surface area contributed by atoms with E-state index in [-0.39, 0.29) is 29.9 Å². The lowest BCUT2D eigenvalue weighted by atomic mass is 10.1. The van der Waals surface area contributed by atoms with Crippen LogP contribution in [0.1, 0.15) is 26.2 Å². The van der Waals surface area contributed by atoms with Crippen molar-refractivity contribution >= 4 is 17.7 Å². The van der Waals surface area contributed by atoms with Crippen LogP contribution in [0.5, 0.6) is 0 Å². The van der Waals surface area contributed by atoms with E-state index in [0.717, 1.165) is 19.4 Å². The zero-order valence-electron chi connectivity index (χ0n) is 9.94. The van der Waals surface area contributed by atoms with Crippen LogP contribution in [-0.4, -0.2) is 47.9 Å². The second-order valence-corrected chi connectivity index (χ2v) is 5.23. The van der Waals surface area contributed by atoms with Gasteiger partial charge in [-0.1, -0.05) is 0 Å². The van der Waals surface area contributed by atoms with E-state index in [9.17, 15) is 4.79 Å². The summed E-state index contributed by atoms with van der Waals surface area (Å²) in [4.78, 5) is 11.7. The van der Waals surface area contributed by atoms with Crippen LogP contribution in [-0.2, 0) is 9.53 Å². The zero-order valence-corrected chi connectivity index (χ0v) is 10.8. The fourth-order valence-electron chi connectivity index (χ4n) is 1.85. The van der Waals surface area contributed by atoms with Gasteiger partial charge in [0.05, 0.1) is 19.1 Å². The van der Waals surface area contributed by atoms with E-state index in [1.807, 2.05) is 13.2 Å². The van der Waals surface area contributed by atoms with Crippen molar-refractivity contribution in [2.45, 2.75) is 43.6 Å². The molecule has 0 aromatic carbocycles. The molecule has 1 saturated heterocycles. The van der Waals surface area contributed by atoms with Crippen LogP contribution in [0.2, 0.25) is 0 Å². The van der Waals surface area contributed by atoms with Crippen molar-refractivity contribution in [2.75, 3.05) is 19.5 Å². The van der Waals surface area contributed by atoms with Gasteiger partial charge in [0.2, 0.25) is 5.91 Å². The molecule has 4 nitrogen and oxygen atoms in total. The Balaban J connectivity index is 2.26. The third-order valence-electron chi connectivity index (χ3n) is 2.87. The number of aliphatic hydroxyl groups excluding tert-OH is 1. The van der Waals surface area contributed by atoms with E-state index in [0.29, 0.717) is 6.42 Å². The van der Waals surface area contributed by atoms with Crippen molar-refractivity contribution in [3.05, 3.63) is 0 Å². The molecule has 1 aliphatic rings. The predicted molar refractivity (Wildman–Crippen MR) is 65.6 cm³/mol. The first-order chi connectivity index (χ1) is 7.67. The summed E-state index contributed by atoms with van der Waals surface area (Å²) in [5, 5.41) is 12.1. The van der Waals surface area contributed by atoms with E-state index in [1.54, 1.807) is 11.8 Å². The molecular weight excluding hydrogens is 226 g/mol. The highest BCUT2D eigenvalue weighted by molar-refractivity contribution is 7.99. The predicted octanol–water partition coefficient (Wildman–Crippen LogP) is 0.784. The molecule has 94 valence electrons. The van der Waals surface area contributed by atoms with Gasteiger partial charge in [0.15, 0.2) is 0 Å². The van der Waals surface area contributed by atoms with Crippen LogP contribution in [0.4, 0.5) is 0 Å². The first kappa shape index (κ1) is 13.8. The fraction of sp³-hybridized carbons (Fsp3) is 0.909. The summed E-state index contributed by atoms with van der Waals surface area (Å²) < 4.78 is 5.40. The second-order valence-electron chi connectivity index (χ2n) is 4.15. The second kappa shape index (κ2) is 7.14. The van der Waals surface area contributed by atoms with Gasteiger partial charge >= 0.3 is 0 Å². The number of thioether (sulfide) groups is 1. The lowest BCUT2D eigenvalue weighted by Crippen LogP contribution is -2.42. The van der Waals surface area contributed by atoms with Crippen LogP contribution < -0.4 is 5.32 Å². The summed E-state index contributed by atoms with van der Waals surface area (Å²) in [5.41, 5.74) is 0. The molecule has 1 amide bonds. The van der Waals surface area contributed by atoms with E-state index >= 15 is 0 Å². The number of hydrogen-bond acceptors (Lipinski definition) is 4. The third kappa shape index (κ3) is 4.31. The Bertz CT molecular complexity index is 215. The quantitative estimate of drug-likeness (QED) is 0.728. The summed E-state index contributed by atoms with van der Waals surface area (Å²) in [6.45, 7) is 2.78. The summed E-state index contributed by atoms with van der Waals surface area (Å²) >= 11 is 1.57. The Hall–Kier alpha value is -0.260. The molecule has 1 rings (SSSR count). The maximum atomic E-state index is 11.7. The maximum Gasteiger partial charge on any atom is 0.222 e. The highest BCUT2D eigenvalue weighted by Gasteiger charge is 2.22. The number of amides is 1. The number of ether oxygens (including phenoxy) is 1. The Morgan fingerprint density at radius 2 is 2.44 bits per heavy atom. The minimum absolute atomic E-state index is 0.00565. The summed E-state index contributed by atoms with van der Waals surface area (Å²) in [7, 11) is 0. The van der Waals surface area contributed by atoms with Crippen molar-refractivity contribution in [1.29, 1.82) is 0 Å². The summed E-state index contributed by atoms with van der Waals surface area (Å²) in [6.07, 6.45) is 4.50. The van der Waals surface area contributed by atoms with Gasteiger partial charge in [-0.15, -0.1) is 0 Å². The van der Waals surface area contributed by atoms with Crippen molar-refractivity contribution in [3.8, 4) is 0 Å². The van der Waals surface area contributed by atoms with E-state index < -0.39 is 0 Å². The van der Waals surface area contributed by atoms with Crippen LogP contribution in [0, 0.1) is 0 Å². The zero-order chi connectivity index (χ0) is 12.0. The minimum atomic E-state index is -0.00565. The molecule has 0 aliphatic carbocycles. The van der Waals surface area contributed by atoms with Gasteiger partial charge in [0.25, 0.3) is 0 Å². The van der Waals surface area contributed by atoms with Crippen molar-refractivity contribution in [1.82, 2.24) is 5.32 Å². The normalized spacial score (nSPS) is 24.1. The monoisotopic (exact) mass is 247 g/mol. The lowest BCUT2D eigenvalue weighted by molar-refractivity contribution is -0.123.